The van der Waals surface area contributed by atoms with Gasteiger partial charge in [-0.1, -0.05) is 34.1 Å². The highest BCUT2D eigenvalue weighted by Gasteiger charge is 2.39. The molecular weight excluding hydrogens is 274 g/mol. The second kappa shape index (κ2) is 8.12. The number of methoxy groups -OCH3 is 1. The zero-order valence-electron chi connectivity index (χ0n) is 15.2. The molecule has 2 aliphatic carbocycles. The van der Waals surface area contributed by atoms with Crippen molar-refractivity contribution < 1.29 is 9.94 Å². The van der Waals surface area contributed by atoms with Crippen LogP contribution in [0.15, 0.2) is 0 Å². The molecule has 0 saturated heterocycles. The van der Waals surface area contributed by atoms with E-state index in [1.807, 2.05) is 7.11 Å². The number of nitrogens with one attached hydrogen (secondary N) is 1. The van der Waals surface area contributed by atoms with E-state index in [1.165, 1.54) is 32.1 Å². The molecule has 0 bridgehead atoms. The van der Waals surface area contributed by atoms with Crippen LogP contribution in [0.5, 0.6) is 0 Å². The highest BCUT2D eigenvalue weighted by molar-refractivity contribution is 4.90. The summed E-state index contributed by atoms with van der Waals surface area (Å²) in [7, 11) is 1.88. The van der Waals surface area contributed by atoms with Crippen LogP contribution in [0.25, 0.3) is 0 Å². The van der Waals surface area contributed by atoms with Gasteiger partial charge in [0, 0.05) is 13.2 Å². The Hall–Kier alpha value is -0.120. The van der Waals surface area contributed by atoms with Crippen LogP contribution in [0.2, 0.25) is 0 Å². The van der Waals surface area contributed by atoms with E-state index >= 15 is 0 Å². The average Bonchev–Trinajstić information content (AvgIpc) is 2.97. The highest BCUT2D eigenvalue weighted by atomic mass is 16.5. The highest BCUT2D eigenvalue weighted by Crippen LogP contribution is 2.44. The van der Waals surface area contributed by atoms with Crippen LogP contribution >= 0.6 is 0 Å². The molecule has 0 heterocycles. The minimum Gasteiger partial charge on any atom is -0.381 e. The van der Waals surface area contributed by atoms with Crippen LogP contribution in [-0.2, 0) is 4.74 Å². The minimum atomic E-state index is 0.321. The lowest BCUT2D eigenvalue weighted by molar-refractivity contribution is -0.0369. The van der Waals surface area contributed by atoms with Gasteiger partial charge >= 0.3 is 0 Å². The largest absolute Gasteiger partial charge is 0.381 e. The molecule has 2 aliphatic rings. The summed E-state index contributed by atoms with van der Waals surface area (Å²) in [6.45, 7) is 9.50. The summed E-state index contributed by atoms with van der Waals surface area (Å²) in [6, 6.07) is 0.321. The van der Waals surface area contributed by atoms with Crippen molar-refractivity contribution in [1.29, 1.82) is 0 Å². The van der Waals surface area contributed by atoms with Gasteiger partial charge in [-0.2, -0.15) is 0 Å². The Morgan fingerprint density at radius 2 is 1.86 bits per heavy atom. The van der Waals surface area contributed by atoms with Crippen molar-refractivity contribution in [3.63, 3.8) is 0 Å². The van der Waals surface area contributed by atoms with E-state index in [0.29, 0.717) is 35.8 Å². The van der Waals surface area contributed by atoms with E-state index in [9.17, 15) is 5.21 Å². The smallest absolute Gasteiger partial charge is 0.0604 e. The molecule has 2 fully saturated rings. The predicted molar refractivity (Wildman–Crippen MR) is 90.8 cm³/mol. The number of rotatable bonds is 6. The Morgan fingerprint density at radius 1 is 1.14 bits per heavy atom. The quantitative estimate of drug-likeness (QED) is 0.710. The molecule has 3 heteroatoms. The maximum absolute atomic E-state index is 9.36. The molecule has 130 valence electrons. The van der Waals surface area contributed by atoms with Gasteiger partial charge in [-0.25, -0.2) is 5.48 Å². The number of hydroxylamine groups is 1. The Bertz CT molecular complexity index is 333. The molecule has 7 atom stereocenters. The Kier molecular flexibility index (Phi) is 6.73. The number of hydrogen-bond donors (Lipinski definition) is 2. The predicted octanol–water partition coefficient (Wildman–Crippen LogP) is 4.49. The second-order valence-corrected chi connectivity index (χ2v) is 8.43. The van der Waals surface area contributed by atoms with E-state index in [2.05, 4.69) is 33.2 Å². The maximum atomic E-state index is 9.36. The first-order valence-corrected chi connectivity index (χ1v) is 9.40. The first-order valence-electron chi connectivity index (χ1n) is 9.40. The average molecular weight is 312 g/mol. The van der Waals surface area contributed by atoms with E-state index in [1.54, 1.807) is 0 Å². The molecule has 2 rings (SSSR count). The van der Waals surface area contributed by atoms with Gasteiger partial charge in [0.2, 0.25) is 0 Å². The Morgan fingerprint density at radius 3 is 2.45 bits per heavy atom. The van der Waals surface area contributed by atoms with Gasteiger partial charge in [-0.05, 0) is 67.6 Å². The van der Waals surface area contributed by atoms with Crippen molar-refractivity contribution in [3.05, 3.63) is 0 Å². The van der Waals surface area contributed by atoms with Crippen molar-refractivity contribution >= 4 is 0 Å². The fraction of sp³-hybridized carbons (Fsp3) is 1.00. The fourth-order valence-corrected chi connectivity index (χ4v) is 5.25. The van der Waals surface area contributed by atoms with Crippen LogP contribution in [-0.4, -0.2) is 24.5 Å². The normalized spacial score (nSPS) is 41.0. The molecule has 0 spiro atoms. The molecule has 0 radical (unpaired) electrons. The van der Waals surface area contributed by atoms with Crippen molar-refractivity contribution in [3.8, 4) is 0 Å². The van der Waals surface area contributed by atoms with Gasteiger partial charge in [0.05, 0.1) is 6.10 Å². The number of hydrogen-bond acceptors (Lipinski definition) is 3. The molecule has 0 aromatic carbocycles. The SMILES string of the molecule is COC1CC(C)C(CC(C)C2CCCC2NO)CC1C(C)C. The minimum absolute atomic E-state index is 0.321. The summed E-state index contributed by atoms with van der Waals surface area (Å²) < 4.78 is 5.78. The summed E-state index contributed by atoms with van der Waals surface area (Å²) >= 11 is 0. The summed E-state index contributed by atoms with van der Waals surface area (Å²) in [5, 5.41) is 9.36. The van der Waals surface area contributed by atoms with Crippen LogP contribution in [0.3, 0.4) is 0 Å². The molecule has 0 aliphatic heterocycles. The van der Waals surface area contributed by atoms with Crippen LogP contribution in [0.4, 0.5) is 0 Å². The van der Waals surface area contributed by atoms with Gasteiger partial charge in [0.25, 0.3) is 0 Å². The van der Waals surface area contributed by atoms with Gasteiger partial charge in [-0.3, -0.25) is 0 Å². The molecule has 22 heavy (non-hydrogen) atoms. The zero-order valence-corrected chi connectivity index (χ0v) is 15.2. The standard InChI is InChI=1S/C19H37NO2/c1-12(2)17-11-15(13(3)10-19(17)22-5)9-14(4)16-7-6-8-18(16)20-21/h12-21H,6-11H2,1-5H3. The summed E-state index contributed by atoms with van der Waals surface area (Å²) in [5.41, 5.74) is 2.57. The van der Waals surface area contributed by atoms with Gasteiger partial charge in [-0.15, -0.1) is 0 Å². The van der Waals surface area contributed by atoms with Crippen LogP contribution in [0, 0.1) is 35.5 Å². The molecule has 2 saturated carbocycles. The summed E-state index contributed by atoms with van der Waals surface area (Å²) in [5.74, 6) is 4.32. The third-order valence-corrected chi connectivity index (χ3v) is 6.76. The summed E-state index contributed by atoms with van der Waals surface area (Å²) in [6.07, 6.45) is 7.94. The van der Waals surface area contributed by atoms with E-state index in [4.69, 9.17) is 4.74 Å². The molecule has 3 nitrogen and oxygen atoms in total. The van der Waals surface area contributed by atoms with E-state index in [0.717, 1.165) is 18.3 Å². The first-order chi connectivity index (χ1) is 10.5. The molecule has 0 aromatic heterocycles. The Balaban J connectivity index is 1.96. The topological polar surface area (TPSA) is 41.5 Å². The lowest BCUT2D eigenvalue weighted by atomic mass is 9.66. The molecule has 7 unspecified atom stereocenters. The van der Waals surface area contributed by atoms with Crippen molar-refractivity contribution in [2.24, 2.45) is 35.5 Å². The van der Waals surface area contributed by atoms with Gasteiger partial charge < -0.3 is 9.94 Å². The lowest BCUT2D eigenvalue weighted by Crippen LogP contribution is -2.40. The summed E-state index contributed by atoms with van der Waals surface area (Å²) in [4.78, 5) is 0. The van der Waals surface area contributed by atoms with Crippen LogP contribution in [0.1, 0.15) is 66.2 Å². The first kappa shape index (κ1) is 18.2. The molecule has 0 amide bonds. The van der Waals surface area contributed by atoms with E-state index in [-0.39, 0.29) is 0 Å². The third kappa shape index (κ3) is 4.04. The lowest BCUT2D eigenvalue weighted by Gasteiger charge is -2.43. The monoisotopic (exact) mass is 311 g/mol. The molecule has 2 N–H and O–H groups in total. The van der Waals surface area contributed by atoms with E-state index < -0.39 is 0 Å². The van der Waals surface area contributed by atoms with Gasteiger partial charge in [0.1, 0.15) is 0 Å². The van der Waals surface area contributed by atoms with Gasteiger partial charge in [0.15, 0.2) is 0 Å². The second-order valence-electron chi connectivity index (χ2n) is 8.43. The third-order valence-electron chi connectivity index (χ3n) is 6.76. The van der Waals surface area contributed by atoms with Crippen LogP contribution < -0.4 is 5.48 Å². The van der Waals surface area contributed by atoms with Crippen molar-refractivity contribution in [2.45, 2.75) is 78.4 Å². The maximum Gasteiger partial charge on any atom is 0.0604 e. The fourth-order valence-electron chi connectivity index (χ4n) is 5.25. The zero-order chi connectivity index (χ0) is 16.3. The molecular formula is C19H37NO2. The van der Waals surface area contributed by atoms with Crippen molar-refractivity contribution in [1.82, 2.24) is 5.48 Å². The Labute approximate surface area is 137 Å². The van der Waals surface area contributed by atoms with Crippen molar-refractivity contribution in [2.75, 3.05) is 7.11 Å². The number of ether oxygens (including phenoxy) is 1. The molecule has 0 aromatic rings.